The summed E-state index contributed by atoms with van der Waals surface area (Å²) in [6.45, 7) is 2.95. The average Bonchev–Trinajstić information content (AvgIpc) is 2.56. The second-order valence-electron chi connectivity index (χ2n) is 5.33. The van der Waals surface area contributed by atoms with Gasteiger partial charge in [-0.25, -0.2) is 0 Å². The Morgan fingerprint density at radius 1 is 1.09 bits per heavy atom. The number of halogens is 1. The molecule has 0 bridgehead atoms. The zero-order chi connectivity index (χ0) is 16.3. The number of hydrazone groups is 1. The Morgan fingerprint density at radius 3 is 2.78 bits per heavy atom. The molecular weight excluding hydrogens is 308 g/mol. The molecule has 0 aliphatic rings. The van der Waals surface area contributed by atoms with Crippen molar-refractivity contribution in [3.05, 3.63) is 59.1 Å². The molecule has 3 nitrogen and oxygen atoms in total. The summed E-state index contributed by atoms with van der Waals surface area (Å²) < 4.78 is 5.87. The Morgan fingerprint density at radius 2 is 1.96 bits per heavy atom. The molecule has 0 atom stereocenters. The van der Waals surface area contributed by atoms with Crippen LogP contribution in [0.5, 0.6) is 5.75 Å². The van der Waals surface area contributed by atoms with Gasteiger partial charge in [0.25, 0.3) is 0 Å². The maximum atomic E-state index is 5.95. The lowest BCUT2D eigenvalue weighted by atomic mass is 10.2. The number of nitrogens with zero attached hydrogens (tertiary/aromatic N) is 1. The van der Waals surface area contributed by atoms with E-state index < -0.39 is 0 Å². The lowest BCUT2D eigenvalue weighted by Crippen LogP contribution is -2.00. The Bertz CT molecular complexity index is 628. The van der Waals surface area contributed by atoms with Crippen LogP contribution in [0.1, 0.15) is 38.2 Å². The van der Waals surface area contributed by atoms with E-state index in [0.717, 1.165) is 30.0 Å². The van der Waals surface area contributed by atoms with Gasteiger partial charge in [0, 0.05) is 10.6 Å². The van der Waals surface area contributed by atoms with Gasteiger partial charge >= 0.3 is 0 Å². The van der Waals surface area contributed by atoms with Crippen molar-refractivity contribution in [2.45, 2.75) is 32.6 Å². The SMILES string of the molecule is CCCCCCOc1ccccc1C=NNc1cccc(Cl)c1. The highest BCUT2D eigenvalue weighted by Crippen LogP contribution is 2.18. The molecule has 0 aromatic heterocycles. The number of hydrogen-bond acceptors (Lipinski definition) is 3. The van der Waals surface area contributed by atoms with Crippen LogP contribution < -0.4 is 10.2 Å². The van der Waals surface area contributed by atoms with Gasteiger partial charge in [-0.15, -0.1) is 0 Å². The van der Waals surface area contributed by atoms with E-state index in [9.17, 15) is 0 Å². The fourth-order valence-corrected chi connectivity index (χ4v) is 2.35. The summed E-state index contributed by atoms with van der Waals surface area (Å²) in [4.78, 5) is 0. The van der Waals surface area contributed by atoms with E-state index >= 15 is 0 Å². The van der Waals surface area contributed by atoms with Crippen LogP contribution in [0, 0.1) is 0 Å². The van der Waals surface area contributed by atoms with Crippen molar-refractivity contribution < 1.29 is 4.74 Å². The van der Waals surface area contributed by atoms with E-state index in [0.29, 0.717) is 5.02 Å². The maximum Gasteiger partial charge on any atom is 0.128 e. The zero-order valence-corrected chi connectivity index (χ0v) is 14.2. The van der Waals surface area contributed by atoms with Crippen molar-refractivity contribution in [1.82, 2.24) is 0 Å². The summed E-state index contributed by atoms with van der Waals surface area (Å²) in [6, 6.07) is 15.4. The fraction of sp³-hybridized carbons (Fsp3) is 0.316. The van der Waals surface area contributed by atoms with Gasteiger partial charge in [-0.3, -0.25) is 5.43 Å². The van der Waals surface area contributed by atoms with Crippen molar-refractivity contribution in [3.63, 3.8) is 0 Å². The molecule has 0 radical (unpaired) electrons. The highest BCUT2D eigenvalue weighted by atomic mass is 35.5. The second-order valence-corrected chi connectivity index (χ2v) is 5.76. The summed E-state index contributed by atoms with van der Waals surface area (Å²) in [5.41, 5.74) is 4.78. The normalized spacial score (nSPS) is 10.9. The van der Waals surface area contributed by atoms with Gasteiger partial charge in [0.05, 0.1) is 18.5 Å². The van der Waals surface area contributed by atoms with Crippen LogP contribution in [0.3, 0.4) is 0 Å². The van der Waals surface area contributed by atoms with E-state index in [4.69, 9.17) is 16.3 Å². The summed E-state index contributed by atoms with van der Waals surface area (Å²) in [5.74, 6) is 0.862. The van der Waals surface area contributed by atoms with Gasteiger partial charge in [0.15, 0.2) is 0 Å². The Hall–Kier alpha value is -2.00. The molecule has 23 heavy (non-hydrogen) atoms. The molecule has 0 unspecified atom stereocenters. The number of nitrogens with one attached hydrogen (secondary N) is 1. The first-order valence-corrected chi connectivity index (χ1v) is 8.44. The molecule has 2 aromatic rings. The van der Waals surface area contributed by atoms with E-state index in [-0.39, 0.29) is 0 Å². The lowest BCUT2D eigenvalue weighted by Gasteiger charge is -2.08. The number of benzene rings is 2. The van der Waals surface area contributed by atoms with E-state index in [2.05, 4.69) is 17.5 Å². The monoisotopic (exact) mass is 330 g/mol. The van der Waals surface area contributed by atoms with Crippen LogP contribution >= 0.6 is 11.6 Å². The van der Waals surface area contributed by atoms with Gasteiger partial charge in [-0.1, -0.05) is 56.0 Å². The molecule has 0 amide bonds. The number of unbranched alkanes of at least 4 members (excludes halogenated alkanes) is 3. The van der Waals surface area contributed by atoms with E-state index in [1.807, 2.05) is 48.5 Å². The maximum absolute atomic E-state index is 5.95. The fourth-order valence-electron chi connectivity index (χ4n) is 2.16. The highest BCUT2D eigenvalue weighted by Gasteiger charge is 2.00. The number of hydrogen-bond donors (Lipinski definition) is 1. The minimum absolute atomic E-state index is 0.681. The van der Waals surface area contributed by atoms with Gasteiger partial charge in [0.1, 0.15) is 5.75 Å². The molecule has 0 fully saturated rings. The van der Waals surface area contributed by atoms with Crippen molar-refractivity contribution in [2.24, 2.45) is 5.10 Å². The summed E-state index contributed by atoms with van der Waals surface area (Å²) in [7, 11) is 0. The van der Waals surface area contributed by atoms with Crippen molar-refractivity contribution in [3.8, 4) is 5.75 Å². The average molecular weight is 331 g/mol. The van der Waals surface area contributed by atoms with Gasteiger partial charge in [-0.2, -0.15) is 5.10 Å². The molecule has 0 spiro atoms. The molecule has 2 rings (SSSR count). The number of rotatable bonds is 9. The number of para-hydroxylation sites is 1. The van der Waals surface area contributed by atoms with Gasteiger partial charge in [-0.05, 0) is 36.8 Å². The molecule has 0 heterocycles. The number of anilines is 1. The first kappa shape index (κ1) is 17.4. The van der Waals surface area contributed by atoms with Crippen LogP contribution in [-0.4, -0.2) is 12.8 Å². The van der Waals surface area contributed by atoms with Crippen molar-refractivity contribution >= 4 is 23.5 Å². The molecule has 2 aromatic carbocycles. The molecule has 0 aliphatic carbocycles. The molecule has 122 valence electrons. The first-order chi connectivity index (χ1) is 11.3. The van der Waals surface area contributed by atoms with Crippen LogP contribution in [0.25, 0.3) is 0 Å². The Kier molecular flexibility index (Phi) is 7.47. The summed E-state index contributed by atoms with van der Waals surface area (Å²) >= 11 is 5.95. The Balaban J connectivity index is 1.90. The largest absolute Gasteiger partial charge is 0.493 e. The Labute approximate surface area is 143 Å². The third-order valence-corrected chi connectivity index (χ3v) is 3.63. The molecule has 4 heteroatoms. The first-order valence-electron chi connectivity index (χ1n) is 8.06. The van der Waals surface area contributed by atoms with Crippen LogP contribution in [-0.2, 0) is 0 Å². The summed E-state index contributed by atoms with van der Waals surface area (Å²) in [5, 5.41) is 4.94. The highest BCUT2D eigenvalue weighted by molar-refractivity contribution is 6.30. The van der Waals surface area contributed by atoms with Gasteiger partial charge in [0.2, 0.25) is 0 Å². The quantitative estimate of drug-likeness (QED) is 0.361. The second kappa shape index (κ2) is 9.90. The van der Waals surface area contributed by atoms with Crippen LogP contribution in [0.4, 0.5) is 5.69 Å². The molecule has 0 aliphatic heterocycles. The molecule has 1 N–H and O–H groups in total. The number of ether oxygens (including phenoxy) is 1. The third-order valence-electron chi connectivity index (χ3n) is 3.40. The predicted molar refractivity (Wildman–Crippen MR) is 98.7 cm³/mol. The molecule has 0 saturated carbocycles. The predicted octanol–water partition coefficient (Wildman–Crippen LogP) is 5.75. The van der Waals surface area contributed by atoms with Gasteiger partial charge < -0.3 is 4.74 Å². The van der Waals surface area contributed by atoms with E-state index in [1.165, 1.54) is 19.3 Å². The van der Waals surface area contributed by atoms with E-state index in [1.54, 1.807) is 6.21 Å². The smallest absolute Gasteiger partial charge is 0.128 e. The lowest BCUT2D eigenvalue weighted by molar-refractivity contribution is 0.304. The molecular formula is C19H23ClN2O. The minimum atomic E-state index is 0.681. The van der Waals surface area contributed by atoms with Crippen LogP contribution in [0.2, 0.25) is 5.02 Å². The minimum Gasteiger partial charge on any atom is -0.493 e. The standard InChI is InChI=1S/C19H23ClN2O/c1-2-3-4-7-13-23-19-12-6-5-9-16(19)15-21-22-18-11-8-10-17(20)14-18/h5-6,8-12,14-15,22H,2-4,7,13H2,1H3. The van der Waals surface area contributed by atoms with Crippen molar-refractivity contribution in [1.29, 1.82) is 0 Å². The zero-order valence-electron chi connectivity index (χ0n) is 13.5. The topological polar surface area (TPSA) is 33.6 Å². The third kappa shape index (κ3) is 6.33. The van der Waals surface area contributed by atoms with Crippen LogP contribution in [0.15, 0.2) is 53.6 Å². The van der Waals surface area contributed by atoms with Crippen molar-refractivity contribution in [2.75, 3.05) is 12.0 Å². The molecule has 0 saturated heterocycles. The summed E-state index contributed by atoms with van der Waals surface area (Å²) in [6.07, 6.45) is 6.56.